The Morgan fingerprint density at radius 3 is 2.22 bits per heavy atom. The molecule has 0 radical (unpaired) electrons. The minimum atomic E-state index is -3.77. The predicted molar refractivity (Wildman–Crippen MR) is 122 cm³/mol. The fourth-order valence-corrected chi connectivity index (χ4v) is 4.02. The zero-order valence-corrected chi connectivity index (χ0v) is 18.8. The van der Waals surface area contributed by atoms with Crippen LogP contribution in [-0.4, -0.2) is 68.8 Å². The Labute approximate surface area is 188 Å². The van der Waals surface area contributed by atoms with Gasteiger partial charge in [-0.15, -0.1) is 0 Å². The highest BCUT2D eigenvalue weighted by Crippen LogP contribution is 2.14. The van der Waals surface area contributed by atoms with Crippen molar-refractivity contribution in [3.05, 3.63) is 60.2 Å². The Kier molecular flexibility index (Phi) is 7.97. The number of nitrogens with zero attached hydrogens (tertiary/aromatic N) is 2. The number of primary sulfonamides is 1. The molecule has 0 spiro atoms. The van der Waals surface area contributed by atoms with E-state index in [9.17, 15) is 18.0 Å². The third-order valence-corrected chi connectivity index (χ3v) is 6.41. The predicted octanol–water partition coefficient (Wildman–Crippen LogP) is 0.595. The van der Waals surface area contributed by atoms with Crippen LogP contribution >= 0.6 is 0 Å². The quantitative estimate of drug-likeness (QED) is 0.531. The van der Waals surface area contributed by atoms with Gasteiger partial charge in [0.25, 0.3) is 0 Å². The van der Waals surface area contributed by atoms with Crippen molar-refractivity contribution in [1.29, 1.82) is 0 Å². The Balaban J connectivity index is 1.42. The van der Waals surface area contributed by atoms with Gasteiger partial charge in [-0.1, -0.05) is 30.3 Å². The van der Waals surface area contributed by atoms with Crippen LogP contribution in [0.4, 0.5) is 5.69 Å². The number of benzene rings is 2. The number of rotatable bonds is 8. The molecular formula is C22H29N5O4S. The van der Waals surface area contributed by atoms with Crippen molar-refractivity contribution in [2.24, 2.45) is 5.14 Å². The van der Waals surface area contributed by atoms with Gasteiger partial charge in [-0.2, -0.15) is 0 Å². The Morgan fingerprint density at radius 2 is 1.62 bits per heavy atom. The van der Waals surface area contributed by atoms with E-state index in [-0.39, 0.29) is 22.8 Å². The molecule has 1 aliphatic heterocycles. The lowest BCUT2D eigenvalue weighted by molar-refractivity contribution is -0.124. The van der Waals surface area contributed by atoms with Crippen molar-refractivity contribution >= 4 is 27.5 Å². The molecule has 0 bridgehead atoms. The molecule has 32 heavy (non-hydrogen) atoms. The average Bonchev–Trinajstić information content (AvgIpc) is 2.78. The fourth-order valence-electron chi connectivity index (χ4n) is 3.50. The highest BCUT2D eigenvalue weighted by atomic mass is 32.2. The zero-order valence-electron chi connectivity index (χ0n) is 18.0. The second kappa shape index (κ2) is 10.7. The number of carbonyl (C=O) groups excluding carboxylic acids is 2. The molecule has 1 saturated heterocycles. The van der Waals surface area contributed by atoms with Gasteiger partial charge in [0, 0.05) is 38.4 Å². The summed E-state index contributed by atoms with van der Waals surface area (Å²) in [5.41, 5.74) is 1.56. The molecule has 1 atom stereocenters. The number of piperazine rings is 1. The van der Waals surface area contributed by atoms with Crippen molar-refractivity contribution in [3.63, 3.8) is 0 Å². The molecule has 1 fully saturated rings. The summed E-state index contributed by atoms with van der Waals surface area (Å²) < 4.78 is 22.7. The molecule has 4 N–H and O–H groups in total. The summed E-state index contributed by atoms with van der Waals surface area (Å²) in [6.45, 7) is 5.40. The molecule has 2 amide bonds. The van der Waals surface area contributed by atoms with Crippen molar-refractivity contribution in [2.45, 2.75) is 24.4 Å². The van der Waals surface area contributed by atoms with Gasteiger partial charge in [0.2, 0.25) is 21.8 Å². The number of carbonyl (C=O) groups is 2. The fraction of sp³-hybridized carbons (Fsp3) is 0.364. The van der Waals surface area contributed by atoms with Gasteiger partial charge in [0.05, 0.1) is 17.5 Å². The number of sulfonamides is 1. The number of nitrogens with one attached hydrogen (secondary N) is 2. The van der Waals surface area contributed by atoms with Crippen LogP contribution in [0.2, 0.25) is 0 Å². The minimum Gasteiger partial charge on any atom is -0.351 e. The van der Waals surface area contributed by atoms with Crippen molar-refractivity contribution in [1.82, 2.24) is 15.1 Å². The van der Waals surface area contributed by atoms with Gasteiger partial charge < -0.3 is 10.6 Å². The van der Waals surface area contributed by atoms with E-state index in [0.29, 0.717) is 45.0 Å². The van der Waals surface area contributed by atoms with Crippen LogP contribution in [-0.2, 0) is 26.2 Å². The standard InChI is InChI=1S/C22H29N5O4S/c1-17(22(29)25-19-7-9-20(10-8-19)32(23,30)31)27-13-11-26(12-14-27)16-21(28)24-15-18-5-3-2-4-6-18/h2-10,17H,11-16H2,1H3,(H,24,28)(H,25,29)(H2,23,30,31). The lowest BCUT2D eigenvalue weighted by Crippen LogP contribution is -2.54. The van der Waals surface area contributed by atoms with Gasteiger partial charge >= 0.3 is 0 Å². The number of hydrogen-bond donors (Lipinski definition) is 3. The summed E-state index contributed by atoms with van der Waals surface area (Å²) in [6.07, 6.45) is 0. The van der Waals surface area contributed by atoms with E-state index in [2.05, 4.69) is 20.4 Å². The van der Waals surface area contributed by atoms with Crippen LogP contribution < -0.4 is 15.8 Å². The van der Waals surface area contributed by atoms with Gasteiger partial charge in [0.1, 0.15) is 0 Å². The van der Waals surface area contributed by atoms with Crippen LogP contribution in [0.15, 0.2) is 59.5 Å². The van der Waals surface area contributed by atoms with Gasteiger partial charge in [-0.05, 0) is 36.8 Å². The van der Waals surface area contributed by atoms with E-state index in [0.717, 1.165) is 5.56 Å². The number of amides is 2. The summed E-state index contributed by atoms with van der Waals surface area (Å²) in [5, 5.41) is 10.8. The van der Waals surface area contributed by atoms with Crippen LogP contribution in [0.5, 0.6) is 0 Å². The van der Waals surface area contributed by atoms with Crippen molar-refractivity contribution < 1.29 is 18.0 Å². The lowest BCUT2D eigenvalue weighted by atomic mass is 10.2. The van der Waals surface area contributed by atoms with Gasteiger partial charge in [0.15, 0.2) is 0 Å². The SMILES string of the molecule is CC(C(=O)Nc1ccc(S(N)(=O)=O)cc1)N1CCN(CC(=O)NCc2ccccc2)CC1. The first-order chi connectivity index (χ1) is 15.2. The molecule has 10 heteroatoms. The summed E-state index contributed by atoms with van der Waals surface area (Å²) in [4.78, 5) is 29.0. The summed E-state index contributed by atoms with van der Waals surface area (Å²) in [5.74, 6) is -0.196. The van der Waals surface area contributed by atoms with E-state index < -0.39 is 10.0 Å². The first-order valence-corrected chi connectivity index (χ1v) is 12.0. The van der Waals surface area contributed by atoms with Crippen molar-refractivity contribution in [3.8, 4) is 0 Å². The maximum atomic E-state index is 12.6. The molecule has 2 aromatic rings. The monoisotopic (exact) mass is 459 g/mol. The topological polar surface area (TPSA) is 125 Å². The van der Waals surface area contributed by atoms with Crippen molar-refractivity contribution in [2.75, 3.05) is 38.0 Å². The number of hydrogen-bond acceptors (Lipinski definition) is 6. The molecule has 0 saturated carbocycles. The summed E-state index contributed by atoms with van der Waals surface area (Å²) in [6, 6.07) is 15.1. The highest BCUT2D eigenvalue weighted by Gasteiger charge is 2.26. The van der Waals surface area contributed by atoms with Crippen LogP contribution in [0.25, 0.3) is 0 Å². The zero-order chi connectivity index (χ0) is 23.1. The molecular weight excluding hydrogens is 430 g/mol. The van der Waals surface area contributed by atoms with Crippen LogP contribution in [0.3, 0.4) is 0 Å². The second-order valence-electron chi connectivity index (χ2n) is 7.81. The lowest BCUT2D eigenvalue weighted by Gasteiger charge is -2.37. The molecule has 0 aliphatic carbocycles. The second-order valence-corrected chi connectivity index (χ2v) is 9.37. The Bertz CT molecular complexity index is 1020. The Morgan fingerprint density at radius 1 is 1.00 bits per heavy atom. The number of anilines is 1. The van der Waals surface area contributed by atoms with E-state index in [4.69, 9.17) is 5.14 Å². The largest absolute Gasteiger partial charge is 0.351 e. The molecule has 172 valence electrons. The molecule has 3 rings (SSSR count). The third kappa shape index (κ3) is 6.86. The third-order valence-electron chi connectivity index (χ3n) is 5.48. The van der Waals surface area contributed by atoms with Gasteiger partial charge in [-0.3, -0.25) is 19.4 Å². The smallest absolute Gasteiger partial charge is 0.241 e. The van der Waals surface area contributed by atoms with Gasteiger partial charge in [-0.25, -0.2) is 13.6 Å². The van der Waals surface area contributed by atoms with E-state index in [1.54, 1.807) is 0 Å². The molecule has 2 aromatic carbocycles. The number of nitrogens with two attached hydrogens (primary N) is 1. The Hall–Kier alpha value is -2.79. The van der Waals surface area contributed by atoms with E-state index in [1.807, 2.05) is 37.3 Å². The highest BCUT2D eigenvalue weighted by molar-refractivity contribution is 7.89. The maximum Gasteiger partial charge on any atom is 0.241 e. The average molecular weight is 460 g/mol. The van der Waals surface area contributed by atoms with E-state index >= 15 is 0 Å². The molecule has 1 unspecified atom stereocenters. The minimum absolute atomic E-state index is 0.00697. The first kappa shape index (κ1) is 23.9. The molecule has 1 heterocycles. The maximum absolute atomic E-state index is 12.6. The van der Waals surface area contributed by atoms with E-state index in [1.165, 1.54) is 24.3 Å². The van der Waals surface area contributed by atoms with Crippen LogP contribution in [0, 0.1) is 0 Å². The molecule has 1 aliphatic rings. The summed E-state index contributed by atoms with van der Waals surface area (Å²) in [7, 11) is -3.77. The normalized spacial score (nSPS) is 16.3. The summed E-state index contributed by atoms with van der Waals surface area (Å²) >= 11 is 0. The molecule has 0 aromatic heterocycles. The molecule has 9 nitrogen and oxygen atoms in total. The van der Waals surface area contributed by atoms with Crippen LogP contribution in [0.1, 0.15) is 12.5 Å². The first-order valence-electron chi connectivity index (χ1n) is 10.4.